The van der Waals surface area contributed by atoms with Crippen LogP contribution in [0.4, 0.5) is 0 Å². The lowest BCUT2D eigenvalue weighted by molar-refractivity contribution is -0.124. The maximum atomic E-state index is 10.8. The Labute approximate surface area is 119 Å². The van der Waals surface area contributed by atoms with E-state index in [-0.39, 0.29) is 0 Å². The number of furan rings is 1. The summed E-state index contributed by atoms with van der Waals surface area (Å²) in [5.74, 6) is 0.352. The van der Waals surface area contributed by atoms with Crippen molar-refractivity contribution in [2.75, 3.05) is 0 Å². The molecule has 0 aliphatic heterocycles. The summed E-state index contributed by atoms with van der Waals surface area (Å²) in [5.41, 5.74) is 2.15. The zero-order valence-corrected chi connectivity index (χ0v) is 11.1. The minimum absolute atomic E-state index is 0.405. The molecule has 0 saturated carbocycles. The van der Waals surface area contributed by atoms with Crippen LogP contribution in [0.5, 0.6) is 0 Å². The topological polar surface area (TPSA) is 62.5 Å². The van der Waals surface area contributed by atoms with E-state index in [0.29, 0.717) is 27.1 Å². The van der Waals surface area contributed by atoms with E-state index in [1.54, 1.807) is 30.3 Å². The molecule has 0 radical (unpaired) electrons. The van der Waals surface area contributed by atoms with Crippen LogP contribution in [0.25, 0.3) is 17.4 Å². The molecule has 1 aromatic carbocycles. The molecule has 1 aromatic heterocycles. The van der Waals surface area contributed by atoms with Gasteiger partial charge in [0.2, 0.25) is 0 Å². The van der Waals surface area contributed by atoms with Gasteiger partial charge in [-0.15, -0.1) is 0 Å². The van der Waals surface area contributed by atoms with E-state index in [1.807, 2.05) is 0 Å². The lowest BCUT2D eigenvalue weighted by atomic mass is 10.2. The van der Waals surface area contributed by atoms with Gasteiger partial charge >= 0.3 is 0 Å². The highest BCUT2D eigenvalue weighted by Gasteiger charge is 2.10. The lowest BCUT2D eigenvalue weighted by Crippen LogP contribution is -2.14. The zero-order chi connectivity index (χ0) is 13.8. The van der Waals surface area contributed by atoms with E-state index in [2.05, 4.69) is 0 Å². The van der Waals surface area contributed by atoms with Gasteiger partial charge in [-0.1, -0.05) is 29.3 Å². The van der Waals surface area contributed by atoms with Crippen molar-refractivity contribution >= 4 is 35.2 Å². The molecule has 0 fully saturated rings. The summed E-state index contributed by atoms with van der Waals surface area (Å²) in [6.07, 6.45) is 2.57. The summed E-state index contributed by atoms with van der Waals surface area (Å²) in [4.78, 5) is 10.8. The number of amides is 1. The van der Waals surface area contributed by atoms with E-state index < -0.39 is 5.91 Å². The van der Waals surface area contributed by atoms with Crippen LogP contribution in [0.1, 0.15) is 5.76 Å². The van der Waals surface area contributed by atoms with E-state index >= 15 is 0 Å². The fraction of sp³-hybridized carbons (Fsp3) is 0. The van der Waals surface area contributed by atoms with Crippen LogP contribution in [0, 0.1) is 0 Å². The first-order valence-corrected chi connectivity index (χ1v) is 6.04. The molecule has 0 spiro atoms. The van der Waals surface area contributed by atoms with Crippen molar-refractivity contribution in [3.63, 3.8) is 0 Å². The monoisotopic (exact) mass is 297 g/mol. The quantitative estimate of drug-likeness (QED) is 0.515. The molecule has 0 unspecified atom stereocenters. The van der Waals surface area contributed by atoms with Gasteiger partial charge in [0.1, 0.15) is 11.5 Å². The predicted molar refractivity (Wildman–Crippen MR) is 73.1 cm³/mol. The fourth-order valence-corrected chi connectivity index (χ4v) is 1.87. The number of hydroxylamine groups is 1. The third-order valence-electron chi connectivity index (χ3n) is 2.35. The molecule has 0 bridgehead atoms. The van der Waals surface area contributed by atoms with Gasteiger partial charge in [-0.2, -0.15) is 0 Å². The average molecular weight is 298 g/mol. The standard InChI is InChI=1S/C13H9Cl2NO3/c14-10-3-1-2-9(13(10)15)11-6-4-8(19-11)5-7-12(17)16-18/h1-7,18H,(H,16,17)/b7-5+. The molecule has 4 nitrogen and oxygen atoms in total. The Hall–Kier alpha value is -1.75. The molecular formula is C13H9Cl2NO3. The Bertz CT molecular complexity index is 635. The SMILES string of the molecule is O=C(/C=C/c1ccc(-c2cccc(Cl)c2Cl)o1)NO. The molecule has 1 amide bonds. The molecule has 0 atom stereocenters. The van der Waals surface area contributed by atoms with Gasteiger partial charge in [0.25, 0.3) is 5.91 Å². The van der Waals surface area contributed by atoms with Crippen LogP contribution >= 0.6 is 23.2 Å². The van der Waals surface area contributed by atoms with E-state index in [1.165, 1.54) is 11.6 Å². The number of hydrogen-bond donors (Lipinski definition) is 2. The Morgan fingerprint density at radius 1 is 1.26 bits per heavy atom. The van der Waals surface area contributed by atoms with Crippen molar-refractivity contribution in [2.45, 2.75) is 0 Å². The number of hydrogen-bond acceptors (Lipinski definition) is 3. The van der Waals surface area contributed by atoms with Crippen LogP contribution in [-0.4, -0.2) is 11.1 Å². The van der Waals surface area contributed by atoms with Gasteiger partial charge in [-0.25, -0.2) is 5.48 Å². The maximum absolute atomic E-state index is 10.8. The molecule has 0 aliphatic carbocycles. The van der Waals surface area contributed by atoms with Crippen molar-refractivity contribution in [1.82, 2.24) is 5.48 Å². The first-order valence-electron chi connectivity index (χ1n) is 5.28. The number of carbonyl (C=O) groups is 1. The Morgan fingerprint density at radius 2 is 2.05 bits per heavy atom. The van der Waals surface area contributed by atoms with Gasteiger partial charge in [0, 0.05) is 11.6 Å². The minimum atomic E-state index is -0.640. The second kappa shape index (κ2) is 5.93. The summed E-state index contributed by atoms with van der Waals surface area (Å²) in [5, 5.41) is 9.19. The second-order valence-electron chi connectivity index (χ2n) is 3.61. The molecule has 2 aromatic rings. The van der Waals surface area contributed by atoms with Crippen LogP contribution < -0.4 is 5.48 Å². The second-order valence-corrected chi connectivity index (χ2v) is 4.40. The lowest BCUT2D eigenvalue weighted by Gasteiger charge is -2.01. The highest BCUT2D eigenvalue weighted by atomic mass is 35.5. The Kier molecular flexibility index (Phi) is 4.27. The smallest absolute Gasteiger partial charge is 0.267 e. The van der Waals surface area contributed by atoms with Crippen molar-refractivity contribution in [3.05, 3.63) is 52.2 Å². The molecule has 1 heterocycles. The number of halogens is 2. The highest BCUT2D eigenvalue weighted by molar-refractivity contribution is 6.43. The fourth-order valence-electron chi connectivity index (χ4n) is 1.48. The molecule has 6 heteroatoms. The molecule has 19 heavy (non-hydrogen) atoms. The number of rotatable bonds is 3. The van der Waals surface area contributed by atoms with Gasteiger partial charge in [0.05, 0.1) is 10.0 Å². The largest absolute Gasteiger partial charge is 0.457 e. The van der Waals surface area contributed by atoms with Crippen LogP contribution in [0.2, 0.25) is 10.0 Å². The molecule has 0 saturated heterocycles. The summed E-state index contributed by atoms with van der Waals surface area (Å²) < 4.78 is 5.51. The summed E-state index contributed by atoms with van der Waals surface area (Å²) >= 11 is 12.0. The zero-order valence-electron chi connectivity index (χ0n) is 9.56. The summed E-state index contributed by atoms with van der Waals surface area (Å²) in [7, 11) is 0. The summed E-state index contributed by atoms with van der Waals surface area (Å²) in [6, 6.07) is 8.62. The molecular weight excluding hydrogens is 289 g/mol. The third kappa shape index (κ3) is 3.17. The number of nitrogens with one attached hydrogen (secondary N) is 1. The molecule has 2 rings (SSSR count). The van der Waals surface area contributed by atoms with Crippen LogP contribution in [-0.2, 0) is 4.79 Å². The van der Waals surface area contributed by atoms with Crippen molar-refractivity contribution in [1.29, 1.82) is 0 Å². The summed E-state index contributed by atoms with van der Waals surface area (Å²) in [6.45, 7) is 0. The first-order chi connectivity index (χ1) is 9.11. The van der Waals surface area contributed by atoms with Gasteiger partial charge in [0.15, 0.2) is 0 Å². The van der Waals surface area contributed by atoms with Crippen molar-refractivity contribution in [3.8, 4) is 11.3 Å². The number of carbonyl (C=O) groups excluding carboxylic acids is 1. The van der Waals surface area contributed by atoms with Crippen molar-refractivity contribution < 1.29 is 14.4 Å². The number of benzene rings is 1. The van der Waals surface area contributed by atoms with Gasteiger partial charge in [-0.3, -0.25) is 10.0 Å². The molecule has 98 valence electrons. The van der Waals surface area contributed by atoms with Gasteiger partial charge in [-0.05, 0) is 30.3 Å². The minimum Gasteiger partial charge on any atom is -0.457 e. The van der Waals surface area contributed by atoms with Crippen LogP contribution in [0.15, 0.2) is 40.8 Å². The van der Waals surface area contributed by atoms with E-state index in [4.69, 9.17) is 32.8 Å². The normalized spacial score (nSPS) is 10.9. The molecule has 2 N–H and O–H groups in total. The average Bonchev–Trinajstić information content (AvgIpc) is 2.87. The maximum Gasteiger partial charge on any atom is 0.267 e. The van der Waals surface area contributed by atoms with Crippen molar-refractivity contribution in [2.24, 2.45) is 0 Å². The van der Waals surface area contributed by atoms with Gasteiger partial charge < -0.3 is 4.42 Å². The highest BCUT2D eigenvalue weighted by Crippen LogP contribution is 2.34. The first kappa shape index (κ1) is 13.7. The Morgan fingerprint density at radius 3 is 2.79 bits per heavy atom. The third-order valence-corrected chi connectivity index (χ3v) is 3.17. The van der Waals surface area contributed by atoms with E-state index in [9.17, 15) is 4.79 Å². The van der Waals surface area contributed by atoms with E-state index in [0.717, 1.165) is 6.08 Å². The predicted octanol–water partition coefficient (Wildman–Crippen LogP) is 3.77. The molecule has 0 aliphatic rings. The Balaban J connectivity index is 2.28. The van der Waals surface area contributed by atoms with Crippen LogP contribution in [0.3, 0.4) is 0 Å².